The molecule has 3 rings (SSSR count). The maximum Gasteiger partial charge on any atom is 0.255 e. The van der Waals surface area contributed by atoms with Gasteiger partial charge in [-0.1, -0.05) is 23.2 Å². The molecular formula is C15H18Cl2FN3O. The Morgan fingerprint density at radius 3 is 2.64 bits per heavy atom. The maximum atomic E-state index is 13.6. The smallest absolute Gasteiger partial charge is 0.255 e. The van der Waals surface area contributed by atoms with Gasteiger partial charge in [0.25, 0.3) is 5.91 Å². The highest BCUT2D eigenvalue weighted by Crippen LogP contribution is 2.27. The van der Waals surface area contributed by atoms with E-state index < -0.39 is 5.82 Å². The fraction of sp³-hybridized carbons (Fsp3) is 0.533. The van der Waals surface area contributed by atoms with E-state index in [2.05, 4.69) is 10.2 Å². The molecule has 2 aliphatic heterocycles. The number of hydrogen-bond donors (Lipinski definition) is 1. The molecule has 0 spiro atoms. The minimum Gasteiger partial charge on any atom is -0.337 e. The number of rotatable bonds is 2. The molecule has 2 fully saturated rings. The molecule has 4 nitrogen and oxygen atoms in total. The molecule has 1 aromatic carbocycles. The van der Waals surface area contributed by atoms with Gasteiger partial charge in [0.05, 0.1) is 15.6 Å². The lowest BCUT2D eigenvalue weighted by molar-refractivity contribution is 0.0773. The average molecular weight is 346 g/mol. The fourth-order valence-corrected chi connectivity index (χ4v) is 3.59. The Bertz CT molecular complexity index is 578. The maximum absolute atomic E-state index is 13.6. The molecule has 0 aromatic heterocycles. The number of carbonyl (C=O) groups excluding carboxylic acids is 1. The predicted octanol–water partition coefficient (Wildman–Crippen LogP) is 2.25. The molecular weight excluding hydrogens is 328 g/mol. The first-order valence-corrected chi connectivity index (χ1v) is 8.20. The van der Waals surface area contributed by atoms with Crippen LogP contribution in [0.25, 0.3) is 0 Å². The Morgan fingerprint density at radius 2 is 1.91 bits per heavy atom. The van der Waals surface area contributed by atoms with Crippen molar-refractivity contribution in [3.05, 3.63) is 33.6 Å². The minimum atomic E-state index is -0.618. The van der Waals surface area contributed by atoms with Gasteiger partial charge in [0.15, 0.2) is 0 Å². The Morgan fingerprint density at radius 1 is 1.18 bits per heavy atom. The van der Waals surface area contributed by atoms with Crippen molar-refractivity contribution in [3.8, 4) is 0 Å². The van der Waals surface area contributed by atoms with Gasteiger partial charge >= 0.3 is 0 Å². The zero-order valence-corrected chi connectivity index (χ0v) is 13.6. The molecule has 0 radical (unpaired) electrons. The summed E-state index contributed by atoms with van der Waals surface area (Å²) >= 11 is 11.7. The zero-order chi connectivity index (χ0) is 15.7. The summed E-state index contributed by atoms with van der Waals surface area (Å²) in [6.07, 6.45) is 0.944. The lowest BCUT2D eigenvalue weighted by Crippen LogP contribution is -2.49. The van der Waals surface area contributed by atoms with Crippen LogP contribution in [0.3, 0.4) is 0 Å². The van der Waals surface area contributed by atoms with Crippen LogP contribution in [-0.4, -0.2) is 61.0 Å². The summed E-state index contributed by atoms with van der Waals surface area (Å²) in [6, 6.07) is 2.79. The number of halogens is 3. The van der Waals surface area contributed by atoms with Gasteiger partial charge in [0.2, 0.25) is 0 Å². The number of nitrogens with zero attached hydrogens (tertiary/aromatic N) is 2. The molecule has 1 amide bonds. The summed E-state index contributed by atoms with van der Waals surface area (Å²) in [5, 5.41) is 3.45. The molecule has 1 unspecified atom stereocenters. The second-order valence-corrected chi connectivity index (χ2v) is 6.54. The zero-order valence-electron chi connectivity index (χ0n) is 12.1. The van der Waals surface area contributed by atoms with E-state index >= 15 is 0 Å². The van der Waals surface area contributed by atoms with Crippen LogP contribution in [0.4, 0.5) is 4.39 Å². The monoisotopic (exact) mass is 345 g/mol. The summed E-state index contributed by atoms with van der Waals surface area (Å²) in [4.78, 5) is 16.7. The normalized spacial score (nSPS) is 23.0. The number of likely N-dealkylation sites (tertiary alicyclic amines) is 1. The van der Waals surface area contributed by atoms with Crippen LogP contribution in [0.2, 0.25) is 10.0 Å². The molecule has 0 bridgehead atoms. The SMILES string of the molecule is O=C(c1cc(F)c(Cl)cc1Cl)N1CCC(N2CCNCC2)C1. The number of nitrogens with one attached hydrogen (secondary N) is 1. The van der Waals surface area contributed by atoms with Gasteiger partial charge in [-0.2, -0.15) is 0 Å². The molecule has 0 saturated carbocycles. The lowest BCUT2D eigenvalue weighted by atomic mass is 10.2. The third-order valence-corrected chi connectivity index (χ3v) is 4.96. The first-order chi connectivity index (χ1) is 10.6. The van der Waals surface area contributed by atoms with E-state index in [0.29, 0.717) is 19.1 Å². The Labute approximate surface area is 139 Å². The van der Waals surface area contributed by atoms with Crippen LogP contribution in [0, 0.1) is 5.82 Å². The standard InChI is InChI=1S/C15H18Cl2FN3O/c16-12-8-13(17)14(18)7-11(12)15(22)21-4-1-10(9-21)20-5-2-19-3-6-20/h7-8,10,19H,1-6,9H2. The number of carbonyl (C=O) groups is 1. The van der Waals surface area contributed by atoms with Crippen molar-refractivity contribution in [3.63, 3.8) is 0 Å². The van der Waals surface area contributed by atoms with Crippen LogP contribution < -0.4 is 5.32 Å². The van der Waals surface area contributed by atoms with Crippen LogP contribution in [0.15, 0.2) is 12.1 Å². The third kappa shape index (κ3) is 3.23. The first kappa shape index (κ1) is 16.0. The van der Waals surface area contributed by atoms with Crippen LogP contribution in [0.5, 0.6) is 0 Å². The van der Waals surface area contributed by atoms with E-state index in [9.17, 15) is 9.18 Å². The van der Waals surface area contributed by atoms with Crippen LogP contribution >= 0.6 is 23.2 Å². The number of piperazine rings is 1. The molecule has 7 heteroatoms. The van der Waals surface area contributed by atoms with Gasteiger partial charge in [0.1, 0.15) is 5.82 Å². The molecule has 2 aliphatic rings. The molecule has 22 heavy (non-hydrogen) atoms. The van der Waals surface area contributed by atoms with Gasteiger partial charge in [-0.3, -0.25) is 9.69 Å². The van der Waals surface area contributed by atoms with Gasteiger partial charge in [-0.25, -0.2) is 4.39 Å². The van der Waals surface area contributed by atoms with Crippen LogP contribution in [0.1, 0.15) is 16.8 Å². The minimum absolute atomic E-state index is 0.0679. The number of benzene rings is 1. The number of amides is 1. The van der Waals surface area contributed by atoms with Crippen molar-refractivity contribution in [1.82, 2.24) is 15.1 Å². The second kappa shape index (κ2) is 6.71. The van der Waals surface area contributed by atoms with Gasteiger partial charge in [0, 0.05) is 45.3 Å². The predicted molar refractivity (Wildman–Crippen MR) is 85.2 cm³/mol. The van der Waals surface area contributed by atoms with E-state index in [1.54, 1.807) is 4.90 Å². The molecule has 120 valence electrons. The molecule has 2 heterocycles. The van der Waals surface area contributed by atoms with E-state index in [0.717, 1.165) is 38.7 Å². The highest BCUT2D eigenvalue weighted by atomic mass is 35.5. The average Bonchev–Trinajstić information content (AvgIpc) is 3.01. The molecule has 1 N–H and O–H groups in total. The van der Waals surface area contributed by atoms with E-state index in [1.807, 2.05) is 0 Å². The molecule has 0 aliphatic carbocycles. The van der Waals surface area contributed by atoms with Crippen LogP contribution in [-0.2, 0) is 0 Å². The van der Waals surface area contributed by atoms with E-state index in [-0.39, 0.29) is 21.5 Å². The van der Waals surface area contributed by atoms with Gasteiger partial charge < -0.3 is 10.2 Å². The number of hydrogen-bond acceptors (Lipinski definition) is 3. The van der Waals surface area contributed by atoms with Crippen molar-refractivity contribution >= 4 is 29.1 Å². The summed E-state index contributed by atoms with van der Waals surface area (Å²) in [5.41, 5.74) is 0.185. The van der Waals surface area contributed by atoms with Crippen molar-refractivity contribution in [2.45, 2.75) is 12.5 Å². The van der Waals surface area contributed by atoms with Crippen molar-refractivity contribution < 1.29 is 9.18 Å². The van der Waals surface area contributed by atoms with Crippen molar-refractivity contribution in [2.24, 2.45) is 0 Å². The van der Waals surface area contributed by atoms with Crippen molar-refractivity contribution in [2.75, 3.05) is 39.3 Å². The third-order valence-electron chi connectivity index (χ3n) is 4.36. The highest BCUT2D eigenvalue weighted by molar-refractivity contribution is 6.36. The second-order valence-electron chi connectivity index (χ2n) is 5.73. The Kier molecular flexibility index (Phi) is 4.88. The van der Waals surface area contributed by atoms with E-state index in [4.69, 9.17) is 23.2 Å². The topological polar surface area (TPSA) is 35.6 Å². The summed E-state index contributed by atoms with van der Waals surface area (Å²) in [6.45, 7) is 5.32. The fourth-order valence-electron chi connectivity index (χ4n) is 3.13. The molecule has 1 atom stereocenters. The first-order valence-electron chi connectivity index (χ1n) is 7.45. The Balaban J connectivity index is 1.70. The highest BCUT2D eigenvalue weighted by Gasteiger charge is 2.32. The van der Waals surface area contributed by atoms with E-state index in [1.165, 1.54) is 6.07 Å². The summed E-state index contributed by atoms with van der Waals surface area (Å²) < 4.78 is 13.6. The lowest BCUT2D eigenvalue weighted by Gasteiger charge is -2.32. The van der Waals surface area contributed by atoms with Crippen molar-refractivity contribution in [1.29, 1.82) is 0 Å². The Hall–Kier alpha value is -0.880. The van der Waals surface area contributed by atoms with Gasteiger partial charge in [-0.05, 0) is 18.6 Å². The quantitative estimate of drug-likeness (QED) is 0.835. The molecule has 1 aromatic rings. The summed E-state index contributed by atoms with van der Waals surface area (Å²) in [5.74, 6) is -0.842. The largest absolute Gasteiger partial charge is 0.337 e. The van der Waals surface area contributed by atoms with Gasteiger partial charge in [-0.15, -0.1) is 0 Å². The summed E-state index contributed by atoms with van der Waals surface area (Å²) in [7, 11) is 0. The molecule has 2 saturated heterocycles.